The second-order valence-corrected chi connectivity index (χ2v) is 17.0. The average Bonchev–Trinajstić information content (AvgIpc) is 3.97. The summed E-state index contributed by atoms with van der Waals surface area (Å²) in [6.45, 7) is 0. The van der Waals surface area contributed by atoms with Crippen molar-refractivity contribution in [1.82, 2.24) is 29.1 Å². The summed E-state index contributed by atoms with van der Waals surface area (Å²) in [5.74, 6) is 1.68. The number of pyridine rings is 4. The lowest BCUT2D eigenvalue weighted by atomic mass is 9.94. The van der Waals surface area contributed by atoms with Crippen LogP contribution in [0.5, 0.6) is 0 Å². The van der Waals surface area contributed by atoms with Crippen molar-refractivity contribution >= 4 is 43.4 Å². The van der Waals surface area contributed by atoms with E-state index in [1.807, 2.05) is 61.4 Å². The van der Waals surface area contributed by atoms with Crippen molar-refractivity contribution in [3.05, 3.63) is 243 Å². The lowest BCUT2D eigenvalue weighted by Crippen LogP contribution is -2.01. The highest BCUT2D eigenvalue weighted by atomic mass is 15.1. The SMILES string of the molecule is c1ccc(-c2c(-c3ccccc3)n(-c3ccc(-c4ccncc4)cn3)c3c2ccc2c4ccc5c(-c6ccccc6)c(-c6ccccc6)n(-c6ccc(-c7ccncc7)cn6)c5c4ccc23)cc1. The predicted molar refractivity (Wildman–Crippen MR) is 279 cm³/mol. The van der Waals surface area contributed by atoms with Crippen LogP contribution in [0.25, 0.3) is 122 Å². The highest BCUT2D eigenvalue weighted by molar-refractivity contribution is 6.26. The van der Waals surface area contributed by atoms with Crippen LogP contribution in [-0.4, -0.2) is 29.1 Å². The fourth-order valence-corrected chi connectivity index (χ4v) is 10.2. The van der Waals surface area contributed by atoms with Crippen molar-refractivity contribution in [2.45, 2.75) is 0 Å². The monoisotopic (exact) mass is 868 g/mol. The molecule has 0 aliphatic carbocycles. The molecule has 13 rings (SSSR count). The fourth-order valence-electron chi connectivity index (χ4n) is 10.2. The van der Waals surface area contributed by atoms with Gasteiger partial charge in [0.05, 0.1) is 22.4 Å². The Bertz CT molecular complexity index is 3680. The molecule has 0 saturated carbocycles. The van der Waals surface area contributed by atoms with Gasteiger partial charge in [0.25, 0.3) is 0 Å². The Morgan fingerprint density at radius 1 is 0.250 bits per heavy atom. The summed E-state index contributed by atoms with van der Waals surface area (Å²) in [5.41, 5.74) is 15.4. The largest absolute Gasteiger partial charge is 0.293 e. The number of nitrogens with zero attached hydrogens (tertiary/aromatic N) is 6. The maximum atomic E-state index is 5.25. The first-order valence-electron chi connectivity index (χ1n) is 22.8. The van der Waals surface area contributed by atoms with E-state index in [-0.39, 0.29) is 0 Å². The number of hydrogen-bond donors (Lipinski definition) is 0. The van der Waals surface area contributed by atoms with Crippen LogP contribution in [0, 0.1) is 0 Å². The van der Waals surface area contributed by atoms with Gasteiger partial charge in [0, 0.05) is 81.0 Å². The Morgan fingerprint density at radius 2 is 0.588 bits per heavy atom. The molecule has 0 atom stereocenters. The molecule has 7 aromatic carbocycles. The van der Waals surface area contributed by atoms with Gasteiger partial charge in [0.1, 0.15) is 11.6 Å². The van der Waals surface area contributed by atoms with Crippen LogP contribution in [0.4, 0.5) is 0 Å². The fraction of sp³-hybridized carbons (Fsp3) is 0. The summed E-state index contributed by atoms with van der Waals surface area (Å²) in [6.07, 6.45) is 11.3. The van der Waals surface area contributed by atoms with Gasteiger partial charge in [-0.25, -0.2) is 9.97 Å². The van der Waals surface area contributed by atoms with Crippen molar-refractivity contribution in [3.63, 3.8) is 0 Å². The van der Waals surface area contributed by atoms with Crippen LogP contribution in [-0.2, 0) is 0 Å². The third-order valence-corrected chi connectivity index (χ3v) is 13.2. The molecular formula is C62H40N6. The summed E-state index contributed by atoms with van der Waals surface area (Å²) < 4.78 is 4.77. The van der Waals surface area contributed by atoms with E-state index >= 15 is 0 Å². The third-order valence-electron chi connectivity index (χ3n) is 13.2. The summed E-state index contributed by atoms with van der Waals surface area (Å²) in [6, 6.07) is 73.6. The molecule has 0 bridgehead atoms. The number of aromatic nitrogens is 6. The lowest BCUT2D eigenvalue weighted by molar-refractivity contribution is 1.05. The predicted octanol–water partition coefficient (Wildman–Crippen LogP) is 15.5. The molecule has 13 aromatic rings. The second-order valence-electron chi connectivity index (χ2n) is 17.0. The van der Waals surface area contributed by atoms with Gasteiger partial charge in [0.15, 0.2) is 0 Å². The minimum atomic E-state index is 0.840. The van der Waals surface area contributed by atoms with Crippen molar-refractivity contribution in [3.8, 4) is 78.7 Å². The molecule has 0 aliphatic rings. The molecule has 6 heteroatoms. The molecule has 0 unspecified atom stereocenters. The third kappa shape index (κ3) is 6.42. The zero-order valence-corrected chi connectivity index (χ0v) is 36.8. The Kier molecular flexibility index (Phi) is 9.39. The van der Waals surface area contributed by atoms with E-state index in [0.717, 1.165) is 111 Å². The molecule has 6 aromatic heterocycles. The topological polar surface area (TPSA) is 61.4 Å². The Hall–Kier alpha value is -9.26. The van der Waals surface area contributed by atoms with E-state index in [4.69, 9.17) is 9.97 Å². The molecule has 318 valence electrons. The highest BCUT2D eigenvalue weighted by Gasteiger charge is 2.27. The minimum Gasteiger partial charge on any atom is -0.293 e. The zero-order valence-electron chi connectivity index (χ0n) is 36.8. The summed E-state index contributed by atoms with van der Waals surface area (Å²) >= 11 is 0. The number of rotatable bonds is 8. The molecule has 68 heavy (non-hydrogen) atoms. The van der Waals surface area contributed by atoms with E-state index in [2.05, 4.69) is 201 Å². The van der Waals surface area contributed by atoms with E-state index in [0.29, 0.717) is 0 Å². The van der Waals surface area contributed by atoms with Crippen molar-refractivity contribution < 1.29 is 0 Å². The van der Waals surface area contributed by atoms with Gasteiger partial charge in [-0.2, -0.15) is 0 Å². The number of fused-ring (bicyclic) bond motifs is 7. The molecule has 0 radical (unpaired) electrons. The quantitative estimate of drug-likeness (QED) is 0.143. The maximum absolute atomic E-state index is 5.25. The van der Waals surface area contributed by atoms with Crippen LogP contribution in [0.2, 0.25) is 0 Å². The summed E-state index contributed by atoms with van der Waals surface area (Å²) in [4.78, 5) is 19.0. The minimum absolute atomic E-state index is 0.840. The van der Waals surface area contributed by atoms with Gasteiger partial charge in [0.2, 0.25) is 0 Å². The lowest BCUT2D eigenvalue weighted by Gasteiger charge is -2.15. The average molecular weight is 869 g/mol. The van der Waals surface area contributed by atoms with Gasteiger partial charge >= 0.3 is 0 Å². The van der Waals surface area contributed by atoms with Crippen LogP contribution in [0.3, 0.4) is 0 Å². The Balaban J connectivity index is 1.14. The Morgan fingerprint density at radius 3 is 0.941 bits per heavy atom. The van der Waals surface area contributed by atoms with Gasteiger partial charge in [-0.1, -0.05) is 158 Å². The number of benzene rings is 7. The first-order chi connectivity index (χ1) is 33.8. The molecular weight excluding hydrogens is 829 g/mol. The van der Waals surface area contributed by atoms with Gasteiger partial charge in [-0.3, -0.25) is 19.1 Å². The van der Waals surface area contributed by atoms with Gasteiger partial charge in [-0.15, -0.1) is 0 Å². The molecule has 6 heterocycles. The van der Waals surface area contributed by atoms with Crippen LogP contribution in [0.1, 0.15) is 0 Å². The normalized spacial score (nSPS) is 11.5. The highest BCUT2D eigenvalue weighted by Crippen LogP contribution is 2.49. The van der Waals surface area contributed by atoms with Crippen molar-refractivity contribution in [2.75, 3.05) is 0 Å². The first kappa shape index (κ1) is 39.1. The molecule has 0 aliphatic heterocycles. The van der Waals surface area contributed by atoms with Crippen LogP contribution < -0.4 is 0 Å². The standard InChI is InChI=1S/C62H40N6/c1-5-13-43(14-6-1)57-53-27-23-49-50-24-28-54-58(44-15-7-2-8-16-44)60(46-19-11-4-12-20-46)68(56-30-22-48(40-66-56)42-33-37-64-38-34-42)62(54)52(50)26-25-51(49)61(53)67(59(57)45-17-9-3-10-18-45)55-29-21-47(39-65-55)41-31-35-63-36-32-41/h1-40H. The van der Waals surface area contributed by atoms with E-state index < -0.39 is 0 Å². The van der Waals surface area contributed by atoms with E-state index in [1.165, 1.54) is 11.1 Å². The Labute approximate surface area is 392 Å². The summed E-state index contributed by atoms with van der Waals surface area (Å²) in [7, 11) is 0. The summed E-state index contributed by atoms with van der Waals surface area (Å²) in [5, 5.41) is 6.89. The number of hydrogen-bond acceptors (Lipinski definition) is 4. The first-order valence-corrected chi connectivity index (χ1v) is 22.8. The van der Waals surface area contributed by atoms with Crippen LogP contribution in [0.15, 0.2) is 243 Å². The molecule has 0 saturated heterocycles. The molecule has 6 nitrogen and oxygen atoms in total. The van der Waals surface area contributed by atoms with Gasteiger partial charge < -0.3 is 0 Å². The van der Waals surface area contributed by atoms with E-state index in [9.17, 15) is 0 Å². The van der Waals surface area contributed by atoms with E-state index in [1.54, 1.807) is 0 Å². The van der Waals surface area contributed by atoms with Gasteiger partial charge in [-0.05, 0) is 92.7 Å². The molecule has 0 N–H and O–H groups in total. The smallest absolute Gasteiger partial charge is 0.137 e. The molecule has 0 amide bonds. The second kappa shape index (κ2) is 16.3. The zero-order chi connectivity index (χ0) is 45.0. The molecule has 0 fully saturated rings. The van der Waals surface area contributed by atoms with Crippen molar-refractivity contribution in [1.29, 1.82) is 0 Å². The molecule has 0 spiro atoms. The van der Waals surface area contributed by atoms with Crippen LogP contribution >= 0.6 is 0 Å². The van der Waals surface area contributed by atoms with Crippen molar-refractivity contribution in [2.24, 2.45) is 0 Å². The maximum Gasteiger partial charge on any atom is 0.137 e.